The Hall–Kier alpha value is -1.37. The third kappa shape index (κ3) is 3.59. The molecule has 1 saturated carbocycles. The van der Waals surface area contributed by atoms with E-state index in [4.69, 9.17) is 11.6 Å². The molecule has 2 heterocycles. The van der Waals surface area contributed by atoms with Crippen LogP contribution in [0.25, 0.3) is 10.4 Å². The zero-order valence-electron chi connectivity index (χ0n) is 13.3. The first-order chi connectivity index (χ1) is 11.1. The fourth-order valence-electron chi connectivity index (χ4n) is 2.93. The quantitative estimate of drug-likeness (QED) is 0.806. The van der Waals surface area contributed by atoms with Crippen LogP contribution in [-0.4, -0.2) is 41.8 Å². The molecule has 5 nitrogen and oxygen atoms in total. The van der Waals surface area contributed by atoms with Gasteiger partial charge in [-0.15, -0.1) is 11.3 Å². The minimum absolute atomic E-state index is 0.253. The second kappa shape index (κ2) is 7.03. The molecule has 2 aromatic heterocycles. The van der Waals surface area contributed by atoms with Crippen LogP contribution in [0.4, 0.5) is 11.8 Å². The molecule has 2 atom stereocenters. The standard InChI is InChI=1S/C16H21ClN4OS/c1-21(2)16-19-14(17)13(12-4-3-7-23-12)15(20-16)18-11-6-5-10(8-11)9-22/h3-4,7,10-11,22H,5-6,8-9H2,1-2H3,(H,18,19,20)/t10-,11+/m1/s1. The molecule has 1 aliphatic carbocycles. The third-order valence-electron chi connectivity index (χ3n) is 4.16. The Morgan fingerprint density at radius 3 is 2.83 bits per heavy atom. The van der Waals surface area contributed by atoms with Crippen molar-refractivity contribution >= 4 is 34.7 Å². The summed E-state index contributed by atoms with van der Waals surface area (Å²) in [6.45, 7) is 0.253. The Morgan fingerprint density at radius 1 is 1.39 bits per heavy atom. The summed E-state index contributed by atoms with van der Waals surface area (Å²) in [6.07, 6.45) is 3.04. The number of aliphatic hydroxyl groups is 1. The first-order valence-electron chi connectivity index (χ1n) is 7.74. The molecule has 124 valence electrons. The minimum atomic E-state index is 0.253. The van der Waals surface area contributed by atoms with Gasteiger partial charge in [0, 0.05) is 31.6 Å². The zero-order valence-corrected chi connectivity index (χ0v) is 14.9. The molecule has 3 rings (SSSR count). The predicted octanol–water partition coefficient (Wildman–Crippen LogP) is 3.50. The summed E-state index contributed by atoms with van der Waals surface area (Å²) >= 11 is 8.08. The molecule has 0 amide bonds. The molecule has 2 N–H and O–H groups in total. The van der Waals surface area contributed by atoms with Gasteiger partial charge in [-0.05, 0) is 36.6 Å². The van der Waals surface area contributed by atoms with Crippen LogP contribution in [0.1, 0.15) is 19.3 Å². The van der Waals surface area contributed by atoms with Crippen LogP contribution < -0.4 is 10.2 Å². The Bertz CT molecular complexity index is 662. The van der Waals surface area contributed by atoms with Crippen LogP contribution in [0.2, 0.25) is 5.15 Å². The lowest BCUT2D eigenvalue weighted by molar-refractivity contribution is 0.229. The lowest BCUT2D eigenvalue weighted by Crippen LogP contribution is -2.20. The van der Waals surface area contributed by atoms with Gasteiger partial charge in [-0.3, -0.25) is 0 Å². The maximum atomic E-state index is 9.34. The SMILES string of the molecule is CN(C)c1nc(Cl)c(-c2cccs2)c(N[C@H]2CC[C@@H](CO)C2)n1. The van der Waals surface area contributed by atoms with Gasteiger partial charge in [0.1, 0.15) is 11.0 Å². The van der Waals surface area contributed by atoms with E-state index in [0.29, 0.717) is 23.1 Å². The number of thiophene rings is 1. The van der Waals surface area contributed by atoms with Crippen molar-refractivity contribution in [3.8, 4) is 10.4 Å². The Balaban J connectivity index is 1.95. The van der Waals surface area contributed by atoms with Gasteiger partial charge in [-0.1, -0.05) is 17.7 Å². The van der Waals surface area contributed by atoms with Crippen molar-refractivity contribution in [1.82, 2.24) is 9.97 Å². The van der Waals surface area contributed by atoms with E-state index in [0.717, 1.165) is 35.5 Å². The van der Waals surface area contributed by atoms with Gasteiger partial charge < -0.3 is 15.3 Å². The lowest BCUT2D eigenvalue weighted by Gasteiger charge is -2.19. The predicted molar refractivity (Wildman–Crippen MR) is 96.5 cm³/mol. The fraction of sp³-hybridized carbons (Fsp3) is 0.500. The van der Waals surface area contributed by atoms with Crippen LogP contribution in [0.5, 0.6) is 0 Å². The number of hydrogen-bond donors (Lipinski definition) is 2. The first-order valence-corrected chi connectivity index (χ1v) is 9.00. The summed E-state index contributed by atoms with van der Waals surface area (Å²) in [5.41, 5.74) is 0.861. The molecular formula is C16H21ClN4OS. The average molecular weight is 353 g/mol. The summed E-state index contributed by atoms with van der Waals surface area (Å²) in [4.78, 5) is 12.0. The molecule has 1 fully saturated rings. The topological polar surface area (TPSA) is 61.3 Å². The van der Waals surface area contributed by atoms with Gasteiger partial charge in [0.15, 0.2) is 0 Å². The maximum absolute atomic E-state index is 9.34. The lowest BCUT2D eigenvalue weighted by atomic mass is 10.1. The van der Waals surface area contributed by atoms with E-state index in [1.165, 1.54) is 0 Å². The highest BCUT2D eigenvalue weighted by Crippen LogP contribution is 2.38. The summed E-state index contributed by atoms with van der Waals surface area (Å²) in [5, 5.41) is 15.4. The number of hydrogen-bond acceptors (Lipinski definition) is 6. The monoisotopic (exact) mass is 352 g/mol. The molecular weight excluding hydrogens is 332 g/mol. The van der Waals surface area contributed by atoms with Crippen LogP contribution in [-0.2, 0) is 0 Å². The molecule has 23 heavy (non-hydrogen) atoms. The maximum Gasteiger partial charge on any atom is 0.228 e. The normalized spacial score (nSPS) is 20.7. The van der Waals surface area contributed by atoms with Crippen LogP contribution in [0, 0.1) is 5.92 Å². The second-order valence-corrected chi connectivity index (χ2v) is 7.42. The molecule has 0 aromatic carbocycles. The molecule has 0 radical (unpaired) electrons. The van der Waals surface area contributed by atoms with E-state index in [-0.39, 0.29) is 6.61 Å². The Morgan fingerprint density at radius 2 is 2.22 bits per heavy atom. The van der Waals surface area contributed by atoms with Crippen molar-refractivity contribution in [3.63, 3.8) is 0 Å². The van der Waals surface area contributed by atoms with Crippen molar-refractivity contribution in [3.05, 3.63) is 22.7 Å². The van der Waals surface area contributed by atoms with Crippen LogP contribution in [0.15, 0.2) is 17.5 Å². The minimum Gasteiger partial charge on any atom is -0.396 e. The molecule has 1 aliphatic rings. The molecule has 2 aromatic rings. The number of nitrogens with zero attached hydrogens (tertiary/aromatic N) is 3. The Kier molecular flexibility index (Phi) is 5.04. The van der Waals surface area contributed by atoms with E-state index in [9.17, 15) is 5.11 Å². The van der Waals surface area contributed by atoms with Gasteiger partial charge in [0.2, 0.25) is 5.95 Å². The number of aliphatic hydroxyl groups excluding tert-OH is 1. The van der Waals surface area contributed by atoms with Crippen molar-refractivity contribution in [2.45, 2.75) is 25.3 Å². The van der Waals surface area contributed by atoms with E-state index in [1.807, 2.05) is 36.5 Å². The van der Waals surface area contributed by atoms with Crippen molar-refractivity contribution in [2.75, 3.05) is 30.9 Å². The van der Waals surface area contributed by atoms with Gasteiger partial charge in [-0.25, -0.2) is 4.98 Å². The highest BCUT2D eigenvalue weighted by molar-refractivity contribution is 7.13. The van der Waals surface area contributed by atoms with E-state index in [1.54, 1.807) is 11.3 Å². The van der Waals surface area contributed by atoms with Gasteiger partial charge >= 0.3 is 0 Å². The van der Waals surface area contributed by atoms with Gasteiger partial charge in [0.05, 0.1) is 5.56 Å². The summed E-state index contributed by atoms with van der Waals surface area (Å²) in [7, 11) is 3.80. The first kappa shape index (κ1) is 16.5. The van der Waals surface area contributed by atoms with Crippen molar-refractivity contribution in [1.29, 1.82) is 0 Å². The van der Waals surface area contributed by atoms with Crippen LogP contribution in [0.3, 0.4) is 0 Å². The summed E-state index contributed by atoms with van der Waals surface area (Å²) in [5.74, 6) is 1.75. The van der Waals surface area contributed by atoms with Crippen molar-refractivity contribution in [2.24, 2.45) is 5.92 Å². The summed E-state index contributed by atoms with van der Waals surface area (Å²) < 4.78 is 0. The smallest absolute Gasteiger partial charge is 0.228 e. The largest absolute Gasteiger partial charge is 0.396 e. The van der Waals surface area contributed by atoms with Gasteiger partial charge in [0.25, 0.3) is 0 Å². The van der Waals surface area contributed by atoms with E-state index >= 15 is 0 Å². The number of aromatic nitrogens is 2. The Labute approximate surface area is 145 Å². The fourth-order valence-corrected chi connectivity index (χ4v) is 4.03. The molecule has 0 aliphatic heterocycles. The molecule has 0 unspecified atom stereocenters. The third-order valence-corrected chi connectivity index (χ3v) is 5.32. The zero-order chi connectivity index (χ0) is 16.4. The molecule has 0 spiro atoms. The average Bonchev–Trinajstić information content (AvgIpc) is 3.18. The highest BCUT2D eigenvalue weighted by Gasteiger charge is 2.26. The van der Waals surface area contributed by atoms with E-state index in [2.05, 4.69) is 15.3 Å². The van der Waals surface area contributed by atoms with E-state index < -0.39 is 0 Å². The summed E-state index contributed by atoms with van der Waals surface area (Å²) in [6, 6.07) is 4.34. The molecule has 7 heteroatoms. The second-order valence-electron chi connectivity index (χ2n) is 6.11. The number of nitrogens with one attached hydrogen (secondary N) is 1. The molecule has 0 saturated heterocycles. The van der Waals surface area contributed by atoms with Crippen molar-refractivity contribution < 1.29 is 5.11 Å². The molecule has 0 bridgehead atoms. The van der Waals surface area contributed by atoms with Gasteiger partial charge in [-0.2, -0.15) is 4.98 Å². The number of anilines is 2. The number of halogens is 1. The van der Waals surface area contributed by atoms with Crippen LogP contribution >= 0.6 is 22.9 Å². The highest BCUT2D eigenvalue weighted by atomic mass is 35.5. The number of rotatable bonds is 5.